The third kappa shape index (κ3) is 4.75. The highest BCUT2D eigenvalue weighted by molar-refractivity contribution is 5.75. The summed E-state index contributed by atoms with van der Waals surface area (Å²) in [6.45, 7) is 3.29. The van der Waals surface area contributed by atoms with E-state index >= 15 is 0 Å². The molecule has 1 saturated heterocycles. The Morgan fingerprint density at radius 2 is 1.60 bits per heavy atom. The van der Waals surface area contributed by atoms with Gasteiger partial charge in [-0.05, 0) is 13.0 Å². The first-order valence-electron chi connectivity index (χ1n) is 5.03. The molecule has 6 nitrogen and oxygen atoms in total. The van der Waals surface area contributed by atoms with Crippen LogP contribution < -0.4 is 5.73 Å². The molecule has 0 aromatic rings. The van der Waals surface area contributed by atoms with Gasteiger partial charge in [-0.1, -0.05) is 0 Å². The van der Waals surface area contributed by atoms with Crippen LogP contribution in [0.1, 0.15) is 6.42 Å². The summed E-state index contributed by atoms with van der Waals surface area (Å²) < 4.78 is 0. The Morgan fingerprint density at radius 1 is 1.07 bits per heavy atom. The van der Waals surface area contributed by atoms with Crippen LogP contribution in [0.3, 0.4) is 0 Å². The van der Waals surface area contributed by atoms with E-state index in [1.54, 1.807) is 0 Å². The number of carbonyl (C=O) groups is 2. The number of carbonyl (C=O) groups excluding carboxylic acids is 1. The summed E-state index contributed by atoms with van der Waals surface area (Å²) in [5.74, 6) is -1.14. The third-order valence-electron chi connectivity index (χ3n) is 2.42. The Labute approximate surface area is 88.6 Å². The van der Waals surface area contributed by atoms with E-state index in [9.17, 15) is 9.59 Å². The fourth-order valence-corrected chi connectivity index (χ4v) is 1.75. The van der Waals surface area contributed by atoms with E-state index < -0.39 is 5.97 Å². The fraction of sp³-hybridized carbons (Fsp3) is 0.778. The highest BCUT2D eigenvalue weighted by atomic mass is 16.4. The summed E-state index contributed by atoms with van der Waals surface area (Å²) in [7, 11) is 0. The second kappa shape index (κ2) is 5.67. The summed E-state index contributed by atoms with van der Waals surface area (Å²) in [6, 6.07) is 0. The molecule has 1 fully saturated rings. The number of nitrogens with zero attached hydrogens (tertiary/aromatic N) is 2. The van der Waals surface area contributed by atoms with Crippen molar-refractivity contribution >= 4 is 11.9 Å². The van der Waals surface area contributed by atoms with E-state index in [1.807, 2.05) is 9.80 Å². The van der Waals surface area contributed by atoms with Gasteiger partial charge in [0, 0.05) is 19.6 Å². The molecule has 0 aromatic carbocycles. The van der Waals surface area contributed by atoms with Gasteiger partial charge in [0.1, 0.15) is 0 Å². The maximum absolute atomic E-state index is 10.7. The number of carboxylic acids is 1. The predicted molar refractivity (Wildman–Crippen MR) is 54.3 cm³/mol. The molecular weight excluding hydrogens is 198 g/mol. The fourth-order valence-electron chi connectivity index (χ4n) is 1.75. The molecule has 1 aliphatic rings. The second-order valence-corrected chi connectivity index (χ2v) is 3.77. The molecule has 0 atom stereocenters. The molecule has 3 N–H and O–H groups in total. The standard InChI is InChI=1S/C9H17N3O3/c10-8(13)6-11-2-1-3-12(5-4-11)7-9(14)15/h1-7H2,(H2,10,13)(H,14,15). The minimum absolute atomic E-state index is 0.0738. The van der Waals surface area contributed by atoms with Gasteiger partial charge in [0.25, 0.3) is 0 Å². The summed E-state index contributed by atoms with van der Waals surface area (Å²) in [4.78, 5) is 25.1. The predicted octanol–water partition coefficient (Wildman–Crippen LogP) is -1.44. The van der Waals surface area contributed by atoms with Crippen molar-refractivity contribution in [2.45, 2.75) is 6.42 Å². The zero-order valence-corrected chi connectivity index (χ0v) is 8.69. The molecule has 0 unspecified atom stereocenters. The number of hydrogen-bond acceptors (Lipinski definition) is 4. The summed E-state index contributed by atoms with van der Waals surface area (Å²) in [5.41, 5.74) is 5.10. The Kier molecular flexibility index (Phi) is 4.51. The van der Waals surface area contributed by atoms with E-state index in [0.29, 0.717) is 13.1 Å². The number of nitrogens with two attached hydrogens (primary N) is 1. The van der Waals surface area contributed by atoms with Crippen molar-refractivity contribution in [2.75, 3.05) is 39.3 Å². The quantitative estimate of drug-likeness (QED) is 0.600. The SMILES string of the molecule is NC(=O)CN1CCCN(CC(=O)O)CC1. The minimum Gasteiger partial charge on any atom is -0.480 e. The van der Waals surface area contributed by atoms with Gasteiger partial charge in [-0.15, -0.1) is 0 Å². The average molecular weight is 215 g/mol. The van der Waals surface area contributed by atoms with Crippen LogP contribution in [0.4, 0.5) is 0 Å². The first-order chi connectivity index (χ1) is 7.08. The smallest absolute Gasteiger partial charge is 0.317 e. The van der Waals surface area contributed by atoms with Crippen LogP contribution in [0.2, 0.25) is 0 Å². The lowest BCUT2D eigenvalue weighted by Gasteiger charge is -2.19. The number of primary amides is 1. The minimum atomic E-state index is -0.807. The first kappa shape index (κ1) is 11.9. The van der Waals surface area contributed by atoms with E-state index in [2.05, 4.69) is 0 Å². The molecule has 1 aliphatic heterocycles. The first-order valence-corrected chi connectivity index (χ1v) is 5.03. The summed E-state index contributed by atoms with van der Waals surface area (Å²) in [5, 5.41) is 8.64. The van der Waals surface area contributed by atoms with Gasteiger partial charge in [0.2, 0.25) is 5.91 Å². The third-order valence-corrected chi connectivity index (χ3v) is 2.42. The van der Waals surface area contributed by atoms with Crippen LogP contribution in [0.15, 0.2) is 0 Å². The Morgan fingerprint density at radius 3 is 2.07 bits per heavy atom. The van der Waals surface area contributed by atoms with E-state index in [4.69, 9.17) is 10.8 Å². The van der Waals surface area contributed by atoms with Gasteiger partial charge in [0.15, 0.2) is 0 Å². The second-order valence-electron chi connectivity index (χ2n) is 3.77. The lowest BCUT2D eigenvalue weighted by molar-refractivity contribution is -0.138. The van der Waals surface area contributed by atoms with Gasteiger partial charge in [-0.25, -0.2) is 0 Å². The number of hydrogen-bond donors (Lipinski definition) is 2. The molecule has 0 spiro atoms. The largest absolute Gasteiger partial charge is 0.480 e. The average Bonchev–Trinajstić information content (AvgIpc) is 2.29. The van der Waals surface area contributed by atoms with Crippen LogP contribution in [-0.4, -0.2) is 66.1 Å². The lowest BCUT2D eigenvalue weighted by atomic mass is 10.4. The van der Waals surface area contributed by atoms with Crippen molar-refractivity contribution in [3.05, 3.63) is 0 Å². The molecule has 0 aliphatic carbocycles. The van der Waals surface area contributed by atoms with Crippen LogP contribution in [0.25, 0.3) is 0 Å². The van der Waals surface area contributed by atoms with Crippen LogP contribution >= 0.6 is 0 Å². The summed E-state index contributed by atoms with van der Waals surface area (Å²) >= 11 is 0. The summed E-state index contributed by atoms with van der Waals surface area (Å²) in [6.07, 6.45) is 0.876. The Hall–Kier alpha value is -1.14. The van der Waals surface area contributed by atoms with Crippen LogP contribution in [0.5, 0.6) is 0 Å². The topological polar surface area (TPSA) is 86.9 Å². The molecule has 0 bridgehead atoms. The number of rotatable bonds is 4. The molecule has 1 rings (SSSR count). The van der Waals surface area contributed by atoms with Gasteiger partial charge < -0.3 is 10.8 Å². The zero-order valence-electron chi connectivity index (χ0n) is 8.69. The van der Waals surface area contributed by atoms with Crippen molar-refractivity contribution in [1.82, 2.24) is 9.80 Å². The number of carboxylic acid groups (broad SMARTS) is 1. The Bertz CT molecular complexity index is 221. The van der Waals surface area contributed by atoms with Crippen molar-refractivity contribution in [3.8, 4) is 0 Å². The van der Waals surface area contributed by atoms with Crippen molar-refractivity contribution in [3.63, 3.8) is 0 Å². The number of aliphatic carboxylic acids is 1. The molecule has 15 heavy (non-hydrogen) atoms. The van der Waals surface area contributed by atoms with Crippen LogP contribution in [-0.2, 0) is 9.59 Å². The normalized spacial score (nSPS) is 19.7. The number of amides is 1. The van der Waals surface area contributed by atoms with Gasteiger partial charge >= 0.3 is 5.97 Å². The maximum Gasteiger partial charge on any atom is 0.317 e. The lowest BCUT2D eigenvalue weighted by Crippen LogP contribution is -2.37. The van der Waals surface area contributed by atoms with Crippen molar-refractivity contribution < 1.29 is 14.7 Å². The molecule has 86 valence electrons. The monoisotopic (exact) mass is 215 g/mol. The zero-order chi connectivity index (χ0) is 11.3. The van der Waals surface area contributed by atoms with Gasteiger partial charge in [-0.2, -0.15) is 0 Å². The van der Waals surface area contributed by atoms with Crippen LogP contribution in [0, 0.1) is 0 Å². The van der Waals surface area contributed by atoms with Gasteiger partial charge in [0.05, 0.1) is 13.1 Å². The highest BCUT2D eigenvalue weighted by Gasteiger charge is 2.17. The molecule has 1 amide bonds. The molecule has 1 heterocycles. The molecular formula is C9H17N3O3. The maximum atomic E-state index is 10.7. The molecule has 0 aromatic heterocycles. The van der Waals surface area contributed by atoms with E-state index in [1.165, 1.54) is 0 Å². The highest BCUT2D eigenvalue weighted by Crippen LogP contribution is 2.02. The molecule has 0 saturated carbocycles. The van der Waals surface area contributed by atoms with Crippen molar-refractivity contribution in [1.29, 1.82) is 0 Å². The van der Waals surface area contributed by atoms with E-state index in [-0.39, 0.29) is 19.0 Å². The van der Waals surface area contributed by atoms with Crippen molar-refractivity contribution in [2.24, 2.45) is 5.73 Å². The van der Waals surface area contributed by atoms with E-state index in [0.717, 1.165) is 19.5 Å². The molecule has 6 heteroatoms. The Balaban J connectivity index is 2.34. The van der Waals surface area contributed by atoms with Gasteiger partial charge in [-0.3, -0.25) is 19.4 Å². The molecule has 0 radical (unpaired) electrons.